The van der Waals surface area contributed by atoms with Crippen LogP contribution >= 0.6 is 11.6 Å². The number of aromatic nitrogens is 2. The van der Waals surface area contributed by atoms with Crippen LogP contribution in [0.2, 0.25) is 5.02 Å². The molecule has 144 valence electrons. The predicted octanol–water partition coefficient (Wildman–Crippen LogP) is 3.20. The van der Waals surface area contributed by atoms with Crippen LogP contribution in [0.1, 0.15) is 29.8 Å². The molecule has 2 bridgehead atoms. The van der Waals surface area contributed by atoms with E-state index in [1.54, 1.807) is 6.33 Å². The Hall–Kier alpha value is -1.76. The minimum absolute atomic E-state index is 0.283. The molecular weight excluding hydrogens is 364 g/mol. The lowest BCUT2D eigenvalue weighted by molar-refractivity contribution is 0.123. The van der Waals surface area contributed by atoms with Crippen molar-refractivity contribution in [1.29, 1.82) is 0 Å². The second-order valence-corrected chi connectivity index (χ2v) is 8.40. The first-order valence-corrected chi connectivity index (χ1v) is 10.1. The van der Waals surface area contributed by atoms with Gasteiger partial charge in [0.05, 0.1) is 12.0 Å². The zero-order valence-corrected chi connectivity index (χ0v) is 16.3. The van der Waals surface area contributed by atoms with E-state index in [-0.39, 0.29) is 6.79 Å². The van der Waals surface area contributed by atoms with Crippen LogP contribution in [0.5, 0.6) is 11.5 Å². The van der Waals surface area contributed by atoms with Crippen molar-refractivity contribution in [2.75, 3.05) is 26.4 Å². The summed E-state index contributed by atoms with van der Waals surface area (Å²) >= 11 is 6.53. The lowest BCUT2D eigenvalue weighted by atomic mass is 9.94. The molecule has 0 aliphatic carbocycles. The molecular formula is C20H25ClN4O2. The molecule has 7 heteroatoms. The van der Waals surface area contributed by atoms with Crippen molar-refractivity contribution in [3.63, 3.8) is 0 Å². The van der Waals surface area contributed by atoms with E-state index in [1.165, 1.54) is 24.2 Å². The molecule has 0 amide bonds. The number of aromatic amines is 1. The number of rotatable bonds is 4. The fraction of sp³-hybridized carbons (Fsp3) is 0.550. The van der Waals surface area contributed by atoms with Crippen molar-refractivity contribution in [1.82, 2.24) is 19.8 Å². The van der Waals surface area contributed by atoms with Gasteiger partial charge in [-0.2, -0.15) is 0 Å². The van der Waals surface area contributed by atoms with Crippen molar-refractivity contribution < 1.29 is 9.47 Å². The molecule has 0 radical (unpaired) electrons. The first-order valence-electron chi connectivity index (χ1n) is 9.69. The molecule has 4 aliphatic heterocycles. The molecule has 27 heavy (non-hydrogen) atoms. The van der Waals surface area contributed by atoms with Crippen LogP contribution in [0.25, 0.3) is 0 Å². The Morgan fingerprint density at radius 1 is 1.15 bits per heavy atom. The first kappa shape index (κ1) is 17.3. The highest BCUT2D eigenvalue weighted by atomic mass is 35.5. The molecule has 2 aromatic rings. The van der Waals surface area contributed by atoms with Gasteiger partial charge < -0.3 is 14.5 Å². The van der Waals surface area contributed by atoms with E-state index in [4.69, 9.17) is 21.1 Å². The zero-order valence-electron chi connectivity index (χ0n) is 15.6. The lowest BCUT2D eigenvalue weighted by Gasteiger charge is -2.36. The van der Waals surface area contributed by atoms with Crippen LogP contribution in [0.4, 0.5) is 0 Å². The predicted molar refractivity (Wildman–Crippen MR) is 103 cm³/mol. The van der Waals surface area contributed by atoms with E-state index in [9.17, 15) is 0 Å². The molecule has 0 unspecified atom stereocenters. The number of aryl methyl sites for hydroxylation is 1. The number of hydrogen-bond donors (Lipinski definition) is 1. The number of hydrogen-bond acceptors (Lipinski definition) is 5. The molecule has 6 nitrogen and oxygen atoms in total. The smallest absolute Gasteiger partial charge is 0.231 e. The fourth-order valence-electron chi connectivity index (χ4n) is 4.66. The summed E-state index contributed by atoms with van der Waals surface area (Å²) in [6.45, 7) is 7.55. The minimum atomic E-state index is 0.283. The van der Waals surface area contributed by atoms with Crippen molar-refractivity contribution in [2.45, 2.75) is 38.9 Å². The second kappa shape index (κ2) is 7.00. The monoisotopic (exact) mass is 388 g/mol. The SMILES string of the molecule is Cc1[nH]cnc1CN1C[C@@H]2CC[C@H](C1)N(Cc1cc3c(cc1Cl)OCO3)C2. The number of halogens is 1. The van der Waals surface area contributed by atoms with Crippen LogP contribution in [0.3, 0.4) is 0 Å². The van der Waals surface area contributed by atoms with Gasteiger partial charge in [-0.05, 0) is 37.3 Å². The summed E-state index contributed by atoms with van der Waals surface area (Å²) in [4.78, 5) is 12.9. The molecule has 0 spiro atoms. The summed E-state index contributed by atoms with van der Waals surface area (Å²) in [6, 6.07) is 4.50. The third-order valence-corrected chi connectivity index (χ3v) is 6.48. The maximum absolute atomic E-state index is 6.53. The van der Waals surface area contributed by atoms with Crippen LogP contribution < -0.4 is 9.47 Å². The van der Waals surface area contributed by atoms with Gasteiger partial charge in [-0.25, -0.2) is 4.98 Å². The standard InChI is InChI=1S/C20H25ClN4O2/c1-13-18(23-11-22-13)10-24-6-14-2-3-16(9-24)25(7-14)8-15-4-19-20(5-17(15)21)27-12-26-19/h4-5,11,14,16H,2-3,6-10,12H2,1H3,(H,22,23)/t14-,16+/m0/s1. The van der Waals surface area contributed by atoms with Crippen molar-refractivity contribution >= 4 is 11.6 Å². The summed E-state index contributed by atoms with van der Waals surface area (Å²) in [5, 5.41) is 0.767. The molecule has 2 atom stereocenters. The van der Waals surface area contributed by atoms with Gasteiger partial charge in [0.2, 0.25) is 6.79 Å². The Labute approximate surface area is 164 Å². The highest BCUT2D eigenvalue weighted by molar-refractivity contribution is 6.31. The van der Waals surface area contributed by atoms with Crippen LogP contribution in [-0.2, 0) is 13.1 Å². The molecule has 4 aliphatic rings. The Kier molecular flexibility index (Phi) is 4.50. The van der Waals surface area contributed by atoms with Crippen LogP contribution in [0.15, 0.2) is 18.5 Å². The van der Waals surface area contributed by atoms with Gasteiger partial charge in [0.1, 0.15) is 0 Å². The average Bonchev–Trinajstić information content (AvgIpc) is 3.16. The fourth-order valence-corrected chi connectivity index (χ4v) is 4.87. The number of imidazole rings is 1. The van der Waals surface area contributed by atoms with Crippen molar-refractivity contribution in [3.05, 3.63) is 40.4 Å². The third-order valence-electron chi connectivity index (χ3n) is 6.13. The van der Waals surface area contributed by atoms with Gasteiger partial charge in [0.25, 0.3) is 0 Å². The second-order valence-electron chi connectivity index (χ2n) is 7.99. The summed E-state index contributed by atoms with van der Waals surface area (Å²) in [6.07, 6.45) is 4.36. The Morgan fingerprint density at radius 2 is 2.00 bits per heavy atom. The van der Waals surface area contributed by atoms with Crippen LogP contribution in [0, 0.1) is 12.8 Å². The molecule has 1 N–H and O–H groups in total. The number of nitrogens with zero attached hydrogens (tertiary/aromatic N) is 3. The molecule has 3 fully saturated rings. The normalized spacial score (nSPS) is 25.1. The zero-order chi connectivity index (χ0) is 18.4. The maximum Gasteiger partial charge on any atom is 0.231 e. The van der Waals surface area contributed by atoms with Crippen molar-refractivity contribution in [2.24, 2.45) is 5.92 Å². The van der Waals surface area contributed by atoms with E-state index >= 15 is 0 Å². The van der Waals surface area contributed by atoms with E-state index in [2.05, 4.69) is 26.7 Å². The molecule has 5 heterocycles. The number of piperidine rings is 1. The van der Waals surface area contributed by atoms with E-state index < -0.39 is 0 Å². The van der Waals surface area contributed by atoms with E-state index in [0.29, 0.717) is 12.0 Å². The quantitative estimate of drug-likeness (QED) is 0.871. The molecule has 1 aromatic heterocycles. The first-order chi connectivity index (χ1) is 13.2. The summed E-state index contributed by atoms with van der Waals surface area (Å²) < 4.78 is 11.0. The summed E-state index contributed by atoms with van der Waals surface area (Å²) in [7, 11) is 0. The number of fused-ring (bicyclic) bond motifs is 5. The van der Waals surface area contributed by atoms with Gasteiger partial charge >= 0.3 is 0 Å². The number of ether oxygens (including phenoxy) is 2. The minimum Gasteiger partial charge on any atom is -0.454 e. The van der Waals surface area contributed by atoms with Crippen LogP contribution in [-0.4, -0.2) is 52.2 Å². The Morgan fingerprint density at radius 3 is 2.81 bits per heavy atom. The van der Waals surface area contributed by atoms with Gasteiger partial charge in [0.15, 0.2) is 11.5 Å². The molecule has 6 rings (SSSR count). The number of benzene rings is 1. The van der Waals surface area contributed by atoms with Crippen molar-refractivity contribution in [3.8, 4) is 11.5 Å². The lowest BCUT2D eigenvalue weighted by Crippen LogP contribution is -2.43. The summed E-state index contributed by atoms with van der Waals surface area (Å²) in [5.74, 6) is 2.27. The topological polar surface area (TPSA) is 53.6 Å². The third kappa shape index (κ3) is 3.42. The molecule has 0 saturated carbocycles. The van der Waals surface area contributed by atoms with Gasteiger partial charge in [-0.15, -0.1) is 0 Å². The van der Waals surface area contributed by atoms with E-state index in [0.717, 1.165) is 54.8 Å². The number of nitrogens with one attached hydrogen (secondary N) is 1. The highest BCUT2D eigenvalue weighted by Gasteiger charge is 2.35. The van der Waals surface area contributed by atoms with Gasteiger partial charge in [-0.1, -0.05) is 11.6 Å². The van der Waals surface area contributed by atoms with Gasteiger partial charge in [-0.3, -0.25) is 9.80 Å². The largest absolute Gasteiger partial charge is 0.454 e. The van der Waals surface area contributed by atoms with E-state index in [1.807, 2.05) is 12.1 Å². The Balaban J connectivity index is 1.31. The Bertz CT molecular complexity index is 839. The van der Waals surface area contributed by atoms with Gasteiger partial charge in [0, 0.05) is 55.5 Å². The average molecular weight is 389 g/mol. The highest BCUT2D eigenvalue weighted by Crippen LogP contribution is 2.38. The maximum atomic E-state index is 6.53. The molecule has 1 aromatic carbocycles. The molecule has 3 saturated heterocycles. The summed E-state index contributed by atoms with van der Waals surface area (Å²) in [5.41, 5.74) is 3.47. The number of H-pyrrole nitrogens is 1.